The Morgan fingerprint density at radius 2 is 0.696 bits per heavy atom. The Morgan fingerprint density at radius 3 is 1.00 bits per heavy atom. The number of urea groups is 3. The highest BCUT2D eigenvalue weighted by Gasteiger charge is 2.21. The maximum Gasteiger partial charge on any atom is 0.328 e. The first-order chi connectivity index (χ1) is 43.9. The summed E-state index contributed by atoms with van der Waals surface area (Å²) >= 11 is 5.87. The van der Waals surface area contributed by atoms with Crippen LogP contribution in [0.2, 0.25) is 5.02 Å². The number of nitrogens with zero attached hydrogens (tertiary/aromatic N) is 12. The lowest BCUT2D eigenvalue weighted by molar-refractivity contribution is 0.101. The van der Waals surface area contributed by atoms with Crippen LogP contribution >= 0.6 is 11.6 Å². The van der Waals surface area contributed by atoms with E-state index < -0.39 is 18.1 Å². The van der Waals surface area contributed by atoms with Crippen LogP contribution in [-0.4, -0.2) is 123 Å². The van der Waals surface area contributed by atoms with E-state index in [-0.39, 0.29) is 41.0 Å². The zero-order valence-corrected chi connectivity index (χ0v) is 53.4. The van der Waals surface area contributed by atoms with Crippen molar-refractivity contribution in [2.75, 3.05) is 105 Å². The third-order valence-corrected chi connectivity index (χ3v) is 13.8. The quantitative estimate of drug-likeness (QED) is 0.0460. The summed E-state index contributed by atoms with van der Waals surface area (Å²) in [6.45, 7) is 11.9. The molecule has 9 N–H and O–H groups in total. The highest BCUT2D eigenvalue weighted by Crippen LogP contribution is 2.26. The van der Waals surface area contributed by atoms with Crippen molar-refractivity contribution < 1.29 is 28.8 Å². The van der Waals surface area contributed by atoms with Crippen LogP contribution in [0, 0.1) is 20.8 Å². The van der Waals surface area contributed by atoms with Gasteiger partial charge in [-0.05, 0) is 133 Å². The summed E-state index contributed by atoms with van der Waals surface area (Å²) in [6, 6.07) is 37.7. The SMILES string of the molecule is CNc1ncnc(N(C)C(=O)Nc2cc(C(=O)Nc3ccc(C(C)(C)C)cc3)ccc2C)n1.CNc1ncnc(N(C)C(=O)Nc2cc(C(=O)Nc3ccc(Cl)cc3)ccc2C)n1.CNc1ncnc(N(C)C(=O)Nc2cc(C(=O)Nc3ccccc3)ccc2C)n1. The zero-order valence-electron chi connectivity index (χ0n) is 52.6. The molecule has 6 aromatic carbocycles. The van der Waals surface area contributed by atoms with E-state index >= 15 is 0 Å². The average Bonchev–Trinajstić information content (AvgIpc) is 1.16. The number of nitrogens with one attached hydrogen (secondary N) is 9. The molecule has 0 saturated carbocycles. The van der Waals surface area contributed by atoms with Crippen molar-refractivity contribution >= 4 is 117 Å². The van der Waals surface area contributed by atoms with Crippen molar-refractivity contribution in [3.05, 3.63) is 196 Å². The minimum absolute atomic E-state index is 0.0374. The number of carbonyl (C=O) groups excluding carboxylic acids is 6. The fraction of sp³-hybridized carbons (Fsp3) is 0.203. The molecule has 9 rings (SSSR count). The Hall–Kier alpha value is -11.7. The molecule has 92 heavy (non-hydrogen) atoms. The molecular weight excluding hydrogens is 1190 g/mol. The molecule has 0 aliphatic heterocycles. The van der Waals surface area contributed by atoms with Gasteiger partial charge in [-0.1, -0.05) is 80.9 Å². The Labute approximate surface area is 536 Å². The Kier molecular flexibility index (Phi) is 23.2. The summed E-state index contributed by atoms with van der Waals surface area (Å²) in [6.07, 6.45) is 3.95. The minimum Gasteiger partial charge on any atom is -0.357 e. The van der Waals surface area contributed by atoms with Gasteiger partial charge in [-0.3, -0.25) is 29.1 Å². The normalized spacial score (nSPS) is 10.5. The maximum atomic E-state index is 12.8. The van der Waals surface area contributed by atoms with Gasteiger partial charge in [0.05, 0.1) is 0 Å². The third kappa shape index (κ3) is 18.9. The number of amides is 9. The van der Waals surface area contributed by atoms with Gasteiger partial charge in [0.1, 0.15) is 19.0 Å². The van der Waals surface area contributed by atoms with E-state index in [1.807, 2.05) is 63.2 Å². The van der Waals surface area contributed by atoms with Gasteiger partial charge in [-0.25, -0.2) is 44.3 Å². The first-order valence-corrected chi connectivity index (χ1v) is 28.7. The van der Waals surface area contributed by atoms with Gasteiger partial charge in [-0.15, -0.1) is 0 Å². The zero-order chi connectivity index (χ0) is 66.6. The van der Waals surface area contributed by atoms with Crippen molar-refractivity contribution in [3.8, 4) is 0 Å². The Balaban J connectivity index is 0.000000196. The van der Waals surface area contributed by atoms with E-state index in [1.165, 1.54) is 46.3 Å². The fourth-order valence-electron chi connectivity index (χ4n) is 7.99. The van der Waals surface area contributed by atoms with Gasteiger partial charge in [-0.2, -0.15) is 15.0 Å². The largest absolute Gasteiger partial charge is 0.357 e. The van der Waals surface area contributed by atoms with Gasteiger partial charge in [0.2, 0.25) is 35.7 Å². The smallest absolute Gasteiger partial charge is 0.328 e. The summed E-state index contributed by atoms with van der Waals surface area (Å²) < 4.78 is 0. The molecule has 0 saturated heterocycles. The van der Waals surface area contributed by atoms with E-state index in [1.54, 1.807) is 126 Å². The molecule has 9 amide bonds. The second kappa shape index (κ2) is 31.4. The second-order valence-electron chi connectivity index (χ2n) is 21.2. The maximum absolute atomic E-state index is 12.8. The standard InChI is InChI=1S/C24H29N7O2.C20H20ClN7O2.C20H21N7O2/c1-15-7-8-16(20(32)28-18-11-9-17(10-12-18)24(2,3)4)13-19(15)29-23(33)31(6)22-27-14-26-21(25-5)30-22;1-12-4-5-13(17(29)25-15-8-6-14(21)7-9-15)10-16(12)26-20(30)28(3)19-24-11-23-18(22-2)27-19;1-13-9-10-14(17(28)24-15-7-5-4-6-8-15)11-16(13)25-20(29)27(3)19-23-12-22-18(21-2)26-19/h7-14H,1-6H3,(H,28,32)(H,29,33)(H,25,26,27,30);4-11H,1-3H3,(H,25,29)(H,26,30)(H,22,23,24,27);4-12H,1-3H3,(H,24,28)(H,25,29)(H,21,22,23,26). The van der Waals surface area contributed by atoms with Gasteiger partial charge in [0, 0.05) is 98.1 Å². The lowest BCUT2D eigenvalue weighted by Crippen LogP contribution is -2.33. The van der Waals surface area contributed by atoms with Crippen LogP contribution in [0.4, 0.5) is 84.2 Å². The highest BCUT2D eigenvalue weighted by atomic mass is 35.5. The average molecular weight is 1260 g/mol. The monoisotopic (exact) mass is 1260 g/mol. The van der Waals surface area contributed by atoms with Crippen LogP contribution in [0.5, 0.6) is 0 Å². The summed E-state index contributed by atoms with van der Waals surface area (Å²) in [5, 5.41) is 25.9. The van der Waals surface area contributed by atoms with Crippen molar-refractivity contribution in [3.63, 3.8) is 0 Å². The van der Waals surface area contributed by atoms with Gasteiger partial charge >= 0.3 is 18.1 Å². The van der Waals surface area contributed by atoms with Crippen LogP contribution in [-0.2, 0) is 5.41 Å². The first-order valence-electron chi connectivity index (χ1n) is 28.3. The van der Waals surface area contributed by atoms with E-state index in [0.29, 0.717) is 73.7 Å². The second-order valence-corrected chi connectivity index (χ2v) is 21.6. The lowest BCUT2D eigenvalue weighted by Gasteiger charge is -2.19. The topological polar surface area (TPSA) is 336 Å². The molecule has 0 aliphatic carbocycles. The van der Waals surface area contributed by atoms with Crippen LogP contribution in [0.3, 0.4) is 0 Å². The predicted molar refractivity (Wildman–Crippen MR) is 361 cm³/mol. The molecule has 474 valence electrons. The van der Waals surface area contributed by atoms with Crippen LogP contribution in [0.25, 0.3) is 0 Å². The van der Waals surface area contributed by atoms with E-state index in [4.69, 9.17) is 11.6 Å². The molecule has 27 nitrogen and oxygen atoms in total. The van der Waals surface area contributed by atoms with Gasteiger partial charge < -0.3 is 47.9 Å². The van der Waals surface area contributed by atoms with Gasteiger partial charge in [0.25, 0.3) is 17.7 Å². The number of hydrogen-bond donors (Lipinski definition) is 9. The van der Waals surface area contributed by atoms with Gasteiger partial charge in [0.15, 0.2) is 0 Å². The molecule has 0 atom stereocenters. The third-order valence-electron chi connectivity index (χ3n) is 13.5. The number of rotatable bonds is 15. The molecule has 0 radical (unpaired) electrons. The number of benzene rings is 6. The molecule has 9 aromatic rings. The molecule has 0 fully saturated rings. The molecule has 28 heteroatoms. The number of aromatic nitrogens is 9. The molecular formula is C64H70ClN21O6. The fourth-order valence-corrected chi connectivity index (χ4v) is 8.12. The number of anilines is 12. The number of carbonyl (C=O) groups is 6. The number of halogens is 1. The summed E-state index contributed by atoms with van der Waals surface area (Å²) in [5.41, 5.74) is 8.44. The summed E-state index contributed by atoms with van der Waals surface area (Å²) in [4.78, 5) is 116. The number of hydrogen-bond acceptors (Lipinski definition) is 18. The molecule has 0 spiro atoms. The summed E-state index contributed by atoms with van der Waals surface area (Å²) in [5.74, 6) is 0.773. The van der Waals surface area contributed by atoms with Crippen molar-refractivity contribution in [2.45, 2.75) is 47.0 Å². The number of para-hydroxylation sites is 1. The first kappa shape index (κ1) is 67.8. The molecule has 0 bridgehead atoms. The van der Waals surface area contributed by atoms with Crippen LogP contribution in [0.1, 0.15) is 74.1 Å². The van der Waals surface area contributed by atoms with Crippen LogP contribution < -0.4 is 62.6 Å². The van der Waals surface area contributed by atoms with E-state index in [2.05, 4.69) is 113 Å². The van der Waals surface area contributed by atoms with E-state index in [9.17, 15) is 28.8 Å². The lowest BCUT2D eigenvalue weighted by atomic mass is 9.87. The Morgan fingerprint density at radius 1 is 0.391 bits per heavy atom. The minimum atomic E-state index is -0.457. The van der Waals surface area contributed by atoms with E-state index in [0.717, 1.165) is 16.7 Å². The summed E-state index contributed by atoms with van der Waals surface area (Å²) in [7, 11) is 9.66. The highest BCUT2D eigenvalue weighted by molar-refractivity contribution is 6.30. The van der Waals surface area contributed by atoms with Crippen molar-refractivity contribution in [1.29, 1.82) is 0 Å². The molecule has 0 aliphatic rings. The van der Waals surface area contributed by atoms with Crippen molar-refractivity contribution in [1.82, 2.24) is 44.9 Å². The van der Waals surface area contributed by atoms with Crippen LogP contribution in [0.15, 0.2) is 152 Å². The predicted octanol–water partition coefficient (Wildman–Crippen LogP) is 11.4. The Bertz CT molecular complexity index is 4080. The molecule has 3 aromatic heterocycles. The molecule has 0 unspecified atom stereocenters. The number of aryl methyl sites for hydroxylation is 3. The molecule has 3 heterocycles. The van der Waals surface area contributed by atoms with Crippen molar-refractivity contribution in [2.24, 2.45) is 0 Å².